The van der Waals surface area contributed by atoms with Crippen LogP contribution in [0.25, 0.3) is 0 Å². The first-order valence-electron chi connectivity index (χ1n) is 2.35. The highest BCUT2D eigenvalue weighted by Crippen LogP contribution is 1.98. The topological polar surface area (TPSA) is 26.3 Å². The summed E-state index contributed by atoms with van der Waals surface area (Å²) in [6.07, 6.45) is 0. The highest BCUT2D eigenvalue weighted by atomic mass is 35.5. The van der Waals surface area contributed by atoms with Gasteiger partial charge in [0.2, 0.25) is 0 Å². The SMILES string of the molecule is COC(=O)C(=S)C(C)Cl. The van der Waals surface area contributed by atoms with Crippen LogP contribution in [0.2, 0.25) is 0 Å². The molecule has 52 valence electrons. The maximum Gasteiger partial charge on any atom is 0.346 e. The van der Waals surface area contributed by atoms with Crippen molar-refractivity contribution in [1.82, 2.24) is 0 Å². The molecule has 0 spiro atoms. The van der Waals surface area contributed by atoms with Gasteiger partial charge in [0, 0.05) is 0 Å². The molecule has 0 aliphatic carbocycles. The summed E-state index contributed by atoms with van der Waals surface area (Å²) in [4.78, 5) is 10.6. The number of thiocarbonyl (C=S) groups is 1. The van der Waals surface area contributed by atoms with E-state index < -0.39 is 11.3 Å². The molecular weight excluding hydrogens is 160 g/mol. The molecule has 4 heteroatoms. The van der Waals surface area contributed by atoms with Crippen molar-refractivity contribution in [2.75, 3.05) is 7.11 Å². The van der Waals surface area contributed by atoms with Crippen molar-refractivity contribution in [1.29, 1.82) is 0 Å². The maximum atomic E-state index is 10.5. The van der Waals surface area contributed by atoms with E-state index in [1.807, 2.05) is 0 Å². The first-order valence-corrected chi connectivity index (χ1v) is 3.20. The van der Waals surface area contributed by atoms with Gasteiger partial charge in [0.15, 0.2) is 0 Å². The van der Waals surface area contributed by atoms with Crippen LogP contribution in [0.4, 0.5) is 0 Å². The van der Waals surface area contributed by atoms with E-state index in [0.29, 0.717) is 0 Å². The number of carbonyl (C=O) groups is 1. The normalized spacial score (nSPS) is 12.3. The summed E-state index contributed by atoms with van der Waals surface area (Å²) >= 11 is 10.1. The summed E-state index contributed by atoms with van der Waals surface area (Å²) in [6, 6.07) is 0. The van der Waals surface area contributed by atoms with Gasteiger partial charge >= 0.3 is 5.97 Å². The van der Waals surface area contributed by atoms with Gasteiger partial charge in [-0.1, -0.05) is 12.2 Å². The van der Waals surface area contributed by atoms with Crippen molar-refractivity contribution < 1.29 is 9.53 Å². The zero-order valence-electron chi connectivity index (χ0n) is 5.18. The van der Waals surface area contributed by atoms with Crippen LogP contribution < -0.4 is 0 Å². The van der Waals surface area contributed by atoms with E-state index in [9.17, 15) is 4.79 Å². The number of esters is 1. The van der Waals surface area contributed by atoms with Gasteiger partial charge in [-0.2, -0.15) is 0 Å². The van der Waals surface area contributed by atoms with Gasteiger partial charge in [0.05, 0.1) is 12.5 Å². The summed E-state index contributed by atoms with van der Waals surface area (Å²) < 4.78 is 4.31. The van der Waals surface area contributed by atoms with Crippen molar-refractivity contribution in [2.24, 2.45) is 0 Å². The smallest absolute Gasteiger partial charge is 0.346 e. The summed E-state index contributed by atoms with van der Waals surface area (Å²) in [5.41, 5.74) is 0. The Morgan fingerprint density at radius 1 is 1.78 bits per heavy atom. The van der Waals surface area contributed by atoms with Crippen LogP contribution in [0.1, 0.15) is 6.92 Å². The van der Waals surface area contributed by atoms with Crippen molar-refractivity contribution in [3.63, 3.8) is 0 Å². The molecule has 9 heavy (non-hydrogen) atoms. The number of alkyl halides is 1. The third kappa shape index (κ3) is 2.77. The number of ether oxygens (including phenoxy) is 1. The molecule has 0 bridgehead atoms. The molecule has 1 unspecified atom stereocenters. The summed E-state index contributed by atoms with van der Waals surface area (Å²) in [5, 5.41) is -0.424. The lowest BCUT2D eigenvalue weighted by atomic mass is 10.3. The average Bonchev–Trinajstić information content (AvgIpc) is 1.84. The Bertz CT molecular complexity index is 133. The molecule has 0 heterocycles. The van der Waals surface area contributed by atoms with Gasteiger partial charge in [-0.25, -0.2) is 4.79 Å². The highest BCUT2D eigenvalue weighted by molar-refractivity contribution is 7.82. The van der Waals surface area contributed by atoms with Crippen LogP contribution >= 0.6 is 23.8 Å². The van der Waals surface area contributed by atoms with Gasteiger partial charge in [-0.15, -0.1) is 11.6 Å². The molecule has 0 aliphatic heterocycles. The first-order chi connectivity index (χ1) is 4.09. The maximum absolute atomic E-state index is 10.5. The molecule has 0 radical (unpaired) electrons. The minimum absolute atomic E-state index is 0.124. The van der Waals surface area contributed by atoms with E-state index in [0.717, 1.165) is 0 Å². The number of hydrogen-bond donors (Lipinski definition) is 0. The van der Waals surface area contributed by atoms with Crippen molar-refractivity contribution in [3.05, 3.63) is 0 Å². The molecule has 0 saturated carbocycles. The predicted molar refractivity (Wildman–Crippen MR) is 39.9 cm³/mol. The summed E-state index contributed by atoms with van der Waals surface area (Å²) in [5.74, 6) is -0.521. The molecule has 0 rings (SSSR count). The van der Waals surface area contributed by atoms with Crippen LogP contribution in [-0.4, -0.2) is 23.3 Å². The Labute approximate surface area is 64.1 Å². The lowest BCUT2D eigenvalue weighted by Crippen LogP contribution is -2.20. The average molecular weight is 167 g/mol. The molecule has 0 aromatic rings. The Balaban J connectivity index is 3.89. The quantitative estimate of drug-likeness (QED) is 0.350. The standard InChI is InChI=1S/C5H7ClO2S/c1-3(6)4(9)5(7)8-2/h3H,1-2H3. The minimum Gasteiger partial charge on any atom is -0.465 e. The lowest BCUT2D eigenvalue weighted by Gasteiger charge is -2.00. The largest absolute Gasteiger partial charge is 0.465 e. The van der Waals surface area contributed by atoms with Crippen LogP contribution in [0.3, 0.4) is 0 Å². The summed E-state index contributed by atoms with van der Waals surface area (Å²) in [6.45, 7) is 1.63. The Morgan fingerprint density at radius 3 is 2.33 bits per heavy atom. The van der Waals surface area contributed by atoms with Crippen molar-refractivity contribution >= 4 is 34.7 Å². The van der Waals surface area contributed by atoms with E-state index in [-0.39, 0.29) is 4.86 Å². The zero-order chi connectivity index (χ0) is 7.44. The Morgan fingerprint density at radius 2 is 2.22 bits per heavy atom. The molecule has 0 amide bonds. The van der Waals surface area contributed by atoms with Gasteiger partial charge < -0.3 is 4.74 Å². The van der Waals surface area contributed by atoms with Crippen molar-refractivity contribution in [3.8, 4) is 0 Å². The van der Waals surface area contributed by atoms with E-state index in [2.05, 4.69) is 17.0 Å². The Kier molecular flexibility index (Phi) is 3.73. The molecule has 0 aromatic heterocycles. The predicted octanol–water partition coefficient (Wildman–Crippen LogP) is 1.16. The molecule has 0 aromatic carbocycles. The highest BCUT2D eigenvalue weighted by Gasteiger charge is 2.13. The molecule has 2 nitrogen and oxygen atoms in total. The fraction of sp³-hybridized carbons (Fsp3) is 0.600. The number of hydrogen-bond acceptors (Lipinski definition) is 3. The third-order valence-electron chi connectivity index (χ3n) is 0.748. The zero-order valence-corrected chi connectivity index (χ0v) is 6.75. The van der Waals surface area contributed by atoms with Gasteiger partial charge in [-0.3, -0.25) is 0 Å². The first kappa shape index (κ1) is 8.85. The van der Waals surface area contributed by atoms with E-state index in [4.69, 9.17) is 11.6 Å². The number of halogens is 1. The van der Waals surface area contributed by atoms with Gasteiger partial charge in [0.25, 0.3) is 0 Å². The second-order valence-corrected chi connectivity index (χ2v) is 2.57. The van der Waals surface area contributed by atoms with Crippen LogP contribution in [0.15, 0.2) is 0 Å². The monoisotopic (exact) mass is 166 g/mol. The molecule has 0 fully saturated rings. The number of rotatable bonds is 2. The van der Waals surface area contributed by atoms with E-state index in [1.165, 1.54) is 7.11 Å². The van der Waals surface area contributed by atoms with E-state index in [1.54, 1.807) is 6.92 Å². The second-order valence-electron chi connectivity index (χ2n) is 1.47. The third-order valence-corrected chi connectivity index (χ3v) is 1.62. The van der Waals surface area contributed by atoms with Gasteiger partial charge in [-0.05, 0) is 6.92 Å². The summed E-state index contributed by atoms with van der Waals surface area (Å²) in [7, 11) is 1.27. The fourth-order valence-corrected chi connectivity index (χ4v) is 0.435. The molecule has 1 atom stereocenters. The minimum atomic E-state index is -0.521. The van der Waals surface area contributed by atoms with Crippen LogP contribution in [0.5, 0.6) is 0 Å². The van der Waals surface area contributed by atoms with Crippen molar-refractivity contribution in [2.45, 2.75) is 12.3 Å². The Hall–Kier alpha value is -0.150. The number of carbonyl (C=O) groups excluding carboxylic acids is 1. The second kappa shape index (κ2) is 3.80. The molecule has 0 aliphatic rings. The van der Waals surface area contributed by atoms with E-state index >= 15 is 0 Å². The molecule has 0 N–H and O–H groups in total. The molecule has 0 saturated heterocycles. The fourth-order valence-electron chi connectivity index (χ4n) is 0.263. The van der Waals surface area contributed by atoms with Crippen LogP contribution in [0, 0.1) is 0 Å². The molecular formula is C5H7ClO2S. The lowest BCUT2D eigenvalue weighted by molar-refractivity contribution is -0.132. The number of methoxy groups -OCH3 is 1. The van der Waals surface area contributed by atoms with Gasteiger partial charge in [0.1, 0.15) is 4.86 Å². The van der Waals surface area contributed by atoms with Crippen LogP contribution in [-0.2, 0) is 9.53 Å².